The van der Waals surface area contributed by atoms with Crippen molar-refractivity contribution < 1.29 is 9.59 Å². The number of thiazole rings is 1. The maximum absolute atomic E-state index is 12.2. The first-order valence-corrected chi connectivity index (χ1v) is 7.57. The molecule has 1 aliphatic rings. The molecule has 0 aliphatic carbocycles. The minimum atomic E-state index is -0.221. The summed E-state index contributed by atoms with van der Waals surface area (Å²) >= 11 is 1.44. The molecule has 1 saturated heterocycles. The lowest BCUT2D eigenvalue weighted by Crippen LogP contribution is -2.36. The Hall–Kier alpha value is -2.21. The summed E-state index contributed by atoms with van der Waals surface area (Å²) in [5.74, 6) is -0.162. The van der Waals surface area contributed by atoms with Crippen LogP contribution in [0.1, 0.15) is 16.9 Å². The second kappa shape index (κ2) is 5.65. The first-order valence-electron chi connectivity index (χ1n) is 6.69. The largest absolute Gasteiger partial charge is 0.346 e. The summed E-state index contributed by atoms with van der Waals surface area (Å²) in [6.07, 6.45) is 0.359. The number of likely N-dealkylation sites (tertiary alicyclic amines) is 1. The van der Waals surface area contributed by atoms with Crippen molar-refractivity contribution in [2.45, 2.75) is 12.5 Å². The van der Waals surface area contributed by atoms with Crippen molar-refractivity contribution in [1.82, 2.24) is 15.2 Å². The van der Waals surface area contributed by atoms with Gasteiger partial charge < -0.3 is 10.2 Å². The quantitative estimate of drug-likeness (QED) is 0.940. The first-order chi connectivity index (χ1) is 10.1. The number of rotatable bonds is 3. The Balaban J connectivity index is 1.69. The van der Waals surface area contributed by atoms with E-state index in [1.807, 2.05) is 30.3 Å². The zero-order valence-electron chi connectivity index (χ0n) is 11.6. The van der Waals surface area contributed by atoms with E-state index in [0.717, 1.165) is 10.6 Å². The fraction of sp³-hybridized carbons (Fsp3) is 0.267. The van der Waals surface area contributed by atoms with E-state index in [9.17, 15) is 9.59 Å². The van der Waals surface area contributed by atoms with Crippen molar-refractivity contribution in [2.24, 2.45) is 0 Å². The molecule has 1 N–H and O–H groups in total. The van der Waals surface area contributed by atoms with Gasteiger partial charge in [0.25, 0.3) is 5.91 Å². The molecule has 0 spiro atoms. The third-order valence-electron chi connectivity index (χ3n) is 3.43. The molecule has 0 unspecified atom stereocenters. The summed E-state index contributed by atoms with van der Waals surface area (Å²) in [5, 5.41) is 5.43. The van der Waals surface area contributed by atoms with E-state index in [1.165, 1.54) is 11.3 Å². The summed E-state index contributed by atoms with van der Waals surface area (Å²) < 4.78 is 0. The maximum Gasteiger partial charge on any atom is 0.271 e. The molecule has 1 fully saturated rings. The van der Waals surface area contributed by atoms with Crippen molar-refractivity contribution in [1.29, 1.82) is 0 Å². The molecular formula is C15H15N3O2S. The topological polar surface area (TPSA) is 62.3 Å². The highest BCUT2D eigenvalue weighted by Gasteiger charge is 2.28. The van der Waals surface area contributed by atoms with Gasteiger partial charge in [0, 0.05) is 31.0 Å². The molecule has 108 valence electrons. The Morgan fingerprint density at radius 2 is 2.14 bits per heavy atom. The highest BCUT2D eigenvalue weighted by atomic mass is 32.1. The van der Waals surface area contributed by atoms with Crippen LogP contribution in [0.5, 0.6) is 0 Å². The van der Waals surface area contributed by atoms with Crippen LogP contribution in [0, 0.1) is 0 Å². The van der Waals surface area contributed by atoms with Crippen LogP contribution in [0.15, 0.2) is 35.7 Å². The van der Waals surface area contributed by atoms with E-state index in [4.69, 9.17) is 0 Å². The number of amides is 2. The molecule has 2 aromatic rings. The Kier molecular flexibility index (Phi) is 3.70. The molecule has 2 heterocycles. The van der Waals surface area contributed by atoms with E-state index in [2.05, 4.69) is 10.3 Å². The molecule has 1 aromatic heterocycles. The normalized spacial score (nSPS) is 18.0. The first kappa shape index (κ1) is 13.8. The van der Waals surface area contributed by atoms with Crippen molar-refractivity contribution in [3.05, 3.63) is 41.4 Å². The minimum absolute atomic E-state index is 0.0588. The molecule has 1 aliphatic heterocycles. The summed E-state index contributed by atoms with van der Waals surface area (Å²) in [6, 6.07) is 9.62. The van der Waals surface area contributed by atoms with Crippen LogP contribution in [0.3, 0.4) is 0 Å². The SMILES string of the molecule is CN1C[C@@H](NC(=O)c2csc(-c3ccccc3)n2)CC1=O. The average molecular weight is 301 g/mol. The molecule has 0 radical (unpaired) electrons. The van der Waals surface area contributed by atoms with Crippen LogP contribution in [0.2, 0.25) is 0 Å². The summed E-state index contributed by atoms with van der Waals surface area (Å²) in [5.41, 5.74) is 1.40. The zero-order valence-corrected chi connectivity index (χ0v) is 12.4. The molecule has 6 heteroatoms. The summed E-state index contributed by atoms with van der Waals surface area (Å²) in [6.45, 7) is 0.556. The number of nitrogens with one attached hydrogen (secondary N) is 1. The Morgan fingerprint density at radius 1 is 1.38 bits per heavy atom. The smallest absolute Gasteiger partial charge is 0.271 e. The van der Waals surface area contributed by atoms with Gasteiger partial charge in [-0.3, -0.25) is 9.59 Å². The predicted octanol–water partition coefficient (Wildman–Crippen LogP) is 1.77. The zero-order chi connectivity index (χ0) is 14.8. The van der Waals surface area contributed by atoms with Crippen LogP contribution in [-0.2, 0) is 4.79 Å². The maximum atomic E-state index is 12.2. The van der Waals surface area contributed by atoms with Gasteiger partial charge in [0.15, 0.2) is 0 Å². The minimum Gasteiger partial charge on any atom is -0.346 e. The Morgan fingerprint density at radius 3 is 2.81 bits per heavy atom. The van der Waals surface area contributed by atoms with Crippen molar-refractivity contribution in [2.75, 3.05) is 13.6 Å². The second-order valence-electron chi connectivity index (χ2n) is 5.05. The lowest BCUT2D eigenvalue weighted by atomic mass is 10.2. The molecule has 2 amide bonds. The number of aromatic nitrogens is 1. The van der Waals surface area contributed by atoms with E-state index < -0.39 is 0 Å². The number of carbonyl (C=O) groups is 2. The molecule has 5 nitrogen and oxygen atoms in total. The van der Waals surface area contributed by atoms with E-state index in [-0.39, 0.29) is 17.9 Å². The average Bonchev–Trinajstić information content (AvgIpc) is 3.08. The Bertz CT molecular complexity index is 669. The van der Waals surface area contributed by atoms with Gasteiger partial charge in [-0.05, 0) is 0 Å². The molecule has 3 rings (SSSR count). The van der Waals surface area contributed by atoms with Crippen LogP contribution in [0.25, 0.3) is 10.6 Å². The number of likely N-dealkylation sites (N-methyl/N-ethyl adjacent to an activating group) is 1. The van der Waals surface area contributed by atoms with Crippen molar-refractivity contribution >= 4 is 23.2 Å². The van der Waals surface area contributed by atoms with Gasteiger partial charge in [-0.1, -0.05) is 30.3 Å². The van der Waals surface area contributed by atoms with E-state index in [0.29, 0.717) is 18.7 Å². The van der Waals surface area contributed by atoms with Crippen molar-refractivity contribution in [3.63, 3.8) is 0 Å². The summed E-state index contributed by atoms with van der Waals surface area (Å²) in [7, 11) is 1.74. The summed E-state index contributed by atoms with van der Waals surface area (Å²) in [4.78, 5) is 29.6. The molecule has 1 aromatic carbocycles. The van der Waals surface area contributed by atoms with Gasteiger partial charge in [-0.25, -0.2) is 4.98 Å². The predicted molar refractivity (Wildman–Crippen MR) is 81.1 cm³/mol. The van der Waals surface area contributed by atoms with Gasteiger partial charge in [-0.2, -0.15) is 0 Å². The number of carbonyl (C=O) groups excluding carboxylic acids is 2. The van der Waals surface area contributed by atoms with Crippen LogP contribution in [-0.4, -0.2) is 41.3 Å². The number of hydrogen-bond acceptors (Lipinski definition) is 4. The van der Waals surface area contributed by atoms with Gasteiger partial charge in [0.1, 0.15) is 10.7 Å². The molecule has 21 heavy (non-hydrogen) atoms. The fourth-order valence-electron chi connectivity index (χ4n) is 2.31. The highest BCUT2D eigenvalue weighted by molar-refractivity contribution is 7.13. The van der Waals surface area contributed by atoms with Gasteiger partial charge >= 0.3 is 0 Å². The fourth-order valence-corrected chi connectivity index (χ4v) is 3.12. The lowest BCUT2D eigenvalue weighted by Gasteiger charge is -2.11. The van der Waals surface area contributed by atoms with E-state index in [1.54, 1.807) is 17.3 Å². The van der Waals surface area contributed by atoms with E-state index >= 15 is 0 Å². The van der Waals surface area contributed by atoms with Crippen LogP contribution < -0.4 is 5.32 Å². The van der Waals surface area contributed by atoms with Crippen molar-refractivity contribution in [3.8, 4) is 10.6 Å². The number of nitrogens with zero attached hydrogens (tertiary/aromatic N) is 2. The lowest BCUT2D eigenvalue weighted by molar-refractivity contribution is -0.126. The molecule has 0 bridgehead atoms. The molecular weight excluding hydrogens is 286 g/mol. The van der Waals surface area contributed by atoms with Gasteiger partial charge in [-0.15, -0.1) is 11.3 Å². The van der Waals surface area contributed by atoms with Gasteiger partial charge in [0.05, 0.1) is 6.04 Å². The molecule has 0 saturated carbocycles. The highest BCUT2D eigenvalue weighted by Crippen LogP contribution is 2.23. The Labute approximate surface area is 126 Å². The van der Waals surface area contributed by atoms with Crippen LogP contribution >= 0.6 is 11.3 Å². The van der Waals surface area contributed by atoms with Crippen LogP contribution in [0.4, 0.5) is 0 Å². The van der Waals surface area contributed by atoms with Gasteiger partial charge in [0.2, 0.25) is 5.91 Å². The third kappa shape index (κ3) is 2.95. The standard InChI is InChI=1S/C15H15N3O2S/c1-18-8-11(7-13(18)19)16-14(20)12-9-21-15(17-12)10-5-3-2-4-6-10/h2-6,9,11H,7-8H2,1H3,(H,16,20)/t11-/m0/s1. The number of benzene rings is 1. The molecule has 1 atom stereocenters. The third-order valence-corrected chi connectivity index (χ3v) is 4.33. The monoisotopic (exact) mass is 301 g/mol. The number of hydrogen-bond donors (Lipinski definition) is 1. The second-order valence-corrected chi connectivity index (χ2v) is 5.91.